The Labute approximate surface area is 215 Å². The highest BCUT2D eigenvalue weighted by Gasteiger charge is 2.54. The van der Waals surface area contributed by atoms with Gasteiger partial charge in [-0.05, 0) is 31.3 Å². The molecule has 1 saturated carbocycles. The van der Waals surface area contributed by atoms with Gasteiger partial charge in [0.05, 0.1) is 30.9 Å². The molecule has 3 heterocycles. The maximum atomic E-state index is 12.9. The van der Waals surface area contributed by atoms with Crippen LogP contribution >= 0.6 is 11.8 Å². The fourth-order valence-electron chi connectivity index (χ4n) is 5.48. The molecule has 2 aromatic carbocycles. The van der Waals surface area contributed by atoms with Gasteiger partial charge in [0, 0.05) is 23.1 Å². The summed E-state index contributed by atoms with van der Waals surface area (Å²) < 4.78 is 0. The predicted molar refractivity (Wildman–Crippen MR) is 140 cm³/mol. The van der Waals surface area contributed by atoms with Gasteiger partial charge >= 0.3 is 6.03 Å². The number of hydroxylamine groups is 4. The number of nitrogens with zero attached hydrogens (tertiary/aromatic N) is 3. The normalized spacial score (nSPS) is 26.1. The van der Waals surface area contributed by atoms with Crippen molar-refractivity contribution in [3.8, 4) is 0 Å². The van der Waals surface area contributed by atoms with Crippen LogP contribution in [0.2, 0.25) is 0 Å². The standard InChI is InChI=1S/C17H18N3O3.C10H13NOS/c18-16(21)19-11-12-20(22,23)17(13-19,14-7-3-1-4-8-14)15-9-5-2-6-10-15;1-6-4-11-9(12)8(7-2-3-7)10(11)13-5-6/h1-10H,11-13H2,(H2,18,21);4,7-8,10H,2-3,5H2,1H3/q-1;/t;8?,10-/m.0/s1. The van der Waals surface area contributed by atoms with Gasteiger partial charge < -0.3 is 30.8 Å². The van der Waals surface area contributed by atoms with Crippen molar-refractivity contribution in [1.29, 1.82) is 0 Å². The second kappa shape index (κ2) is 9.55. The Hall–Kier alpha value is -2.85. The Morgan fingerprint density at radius 1 is 1.06 bits per heavy atom. The smallest absolute Gasteiger partial charge is 0.315 e. The van der Waals surface area contributed by atoms with Crippen LogP contribution in [0.1, 0.15) is 30.9 Å². The number of carbonyl (C=O) groups excluding carboxylic acids is 2. The second-order valence-corrected chi connectivity index (χ2v) is 11.1. The second-order valence-electron chi connectivity index (χ2n) is 10.0. The topological polar surface area (TPSA) is 113 Å². The Balaban J connectivity index is 0.000000172. The Morgan fingerprint density at radius 2 is 1.64 bits per heavy atom. The van der Waals surface area contributed by atoms with Crippen molar-refractivity contribution in [1.82, 2.24) is 9.80 Å². The number of fused-ring (bicyclic) bond motifs is 1. The molecule has 0 radical (unpaired) electrons. The van der Waals surface area contributed by atoms with Gasteiger partial charge in [0.15, 0.2) is 5.54 Å². The van der Waals surface area contributed by atoms with Gasteiger partial charge in [-0.1, -0.05) is 60.7 Å². The highest BCUT2D eigenvalue weighted by molar-refractivity contribution is 8.00. The monoisotopic (exact) mass is 507 g/mol. The van der Waals surface area contributed by atoms with Crippen LogP contribution in [-0.2, 0) is 10.3 Å². The molecule has 36 heavy (non-hydrogen) atoms. The molecule has 1 unspecified atom stereocenters. The highest BCUT2D eigenvalue weighted by Crippen LogP contribution is 2.51. The molecule has 2 aromatic rings. The molecule has 1 aliphatic carbocycles. The minimum atomic E-state index is -1.72. The first kappa shape index (κ1) is 24.8. The molecule has 0 bridgehead atoms. The third-order valence-electron chi connectivity index (χ3n) is 7.57. The zero-order chi connectivity index (χ0) is 25.5. The van der Waals surface area contributed by atoms with Gasteiger partial charge in [0.1, 0.15) is 0 Å². The SMILES string of the molecule is CC1=CN2C(=O)C(C3CC3)[C@@H]2SC1.NC(=O)N1CC[N+]([O-])([O-])C(c2ccccc2)(c2ccccc2)C1. The number of hydrogen-bond donors (Lipinski definition) is 1. The van der Waals surface area contributed by atoms with E-state index < -0.39 is 16.4 Å². The fraction of sp³-hybridized carbons (Fsp3) is 0.407. The minimum absolute atomic E-state index is 0.0383. The minimum Gasteiger partial charge on any atom is -0.631 e. The summed E-state index contributed by atoms with van der Waals surface area (Å²) in [7, 11) is 0. The fourth-order valence-corrected chi connectivity index (χ4v) is 6.86. The average Bonchev–Trinajstić information content (AvgIpc) is 3.71. The number of primary amides is 1. The number of amides is 3. The van der Waals surface area contributed by atoms with Crippen LogP contribution in [0.25, 0.3) is 0 Å². The number of hydrogen-bond acceptors (Lipinski definition) is 5. The Morgan fingerprint density at radius 3 is 2.17 bits per heavy atom. The molecular weight excluding hydrogens is 476 g/mol. The molecule has 4 aliphatic rings. The summed E-state index contributed by atoms with van der Waals surface area (Å²) in [5.74, 6) is 2.58. The van der Waals surface area contributed by atoms with Gasteiger partial charge in [-0.25, -0.2) is 4.79 Å². The van der Waals surface area contributed by atoms with Crippen molar-refractivity contribution in [3.05, 3.63) is 94.0 Å². The zero-order valence-corrected chi connectivity index (χ0v) is 21.1. The molecule has 0 aromatic heterocycles. The van der Waals surface area contributed by atoms with E-state index >= 15 is 0 Å². The number of nitrogens with two attached hydrogens (primary N) is 1. The van der Waals surface area contributed by atoms with E-state index in [1.165, 1.54) is 23.3 Å². The summed E-state index contributed by atoms with van der Waals surface area (Å²) in [6, 6.07) is 17.1. The van der Waals surface area contributed by atoms with Gasteiger partial charge in [-0.3, -0.25) is 4.79 Å². The van der Waals surface area contributed by atoms with Gasteiger partial charge in [0.2, 0.25) is 5.91 Å². The molecule has 0 spiro atoms. The van der Waals surface area contributed by atoms with Crippen molar-refractivity contribution >= 4 is 23.7 Å². The van der Waals surface area contributed by atoms with E-state index in [-0.39, 0.29) is 19.6 Å². The average molecular weight is 508 g/mol. The molecule has 2 saturated heterocycles. The molecule has 8 nitrogen and oxygen atoms in total. The van der Waals surface area contributed by atoms with E-state index in [1.54, 1.807) is 48.5 Å². The molecule has 3 aliphatic heterocycles. The molecule has 6 rings (SSSR count). The van der Waals surface area contributed by atoms with E-state index in [0.717, 1.165) is 11.7 Å². The van der Waals surface area contributed by atoms with Crippen LogP contribution < -0.4 is 5.73 Å². The van der Waals surface area contributed by atoms with Crippen molar-refractivity contribution in [3.63, 3.8) is 0 Å². The van der Waals surface area contributed by atoms with E-state index in [4.69, 9.17) is 5.73 Å². The molecule has 2 atom stereocenters. The van der Waals surface area contributed by atoms with Crippen molar-refractivity contribution in [2.75, 3.05) is 25.4 Å². The molecule has 3 fully saturated rings. The van der Waals surface area contributed by atoms with E-state index in [0.29, 0.717) is 28.3 Å². The number of thioether (sulfide) groups is 1. The molecule has 2 N–H and O–H groups in total. The number of urea groups is 1. The summed E-state index contributed by atoms with van der Waals surface area (Å²) in [6.07, 6.45) is 4.61. The summed E-state index contributed by atoms with van der Waals surface area (Å²) in [4.78, 5) is 24.9. The van der Waals surface area contributed by atoms with E-state index in [9.17, 15) is 20.0 Å². The van der Waals surface area contributed by atoms with E-state index in [1.807, 2.05) is 35.0 Å². The predicted octanol–water partition coefficient (Wildman–Crippen LogP) is 3.97. The Bertz CT molecular complexity index is 1110. The summed E-state index contributed by atoms with van der Waals surface area (Å²) in [5.41, 5.74) is 6.47. The van der Waals surface area contributed by atoms with Crippen LogP contribution in [-0.4, -0.2) is 57.3 Å². The van der Waals surface area contributed by atoms with Crippen molar-refractivity contribution in [2.45, 2.75) is 30.7 Å². The quantitative estimate of drug-likeness (QED) is 0.384. The Kier molecular flexibility index (Phi) is 6.59. The van der Waals surface area contributed by atoms with Crippen molar-refractivity contribution in [2.24, 2.45) is 17.6 Å². The lowest BCUT2D eigenvalue weighted by Crippen LogP contribution is -2.68. The van der Waals surface area contributed by atoms with Gasteiger partial charge in [-0.2, -0.15) is 0 Å². The first-order valence-electron chi connectivity index (χ1n) is 12.3. The first-order valence-corrected chi connectivity index (χ1v) is 13.4. The number of carbonyl (C=O) groups is 2. The summed E-state index contributed by atoms with van der Waals surface area (Å²) >= 11 is 1.94. The first-order chi connectivity index (χ1) is 17.2. The molecular formula is C27H31N4O4S-. The molecule has 9 heteroatoms. The van der Waals surface area contributed by atoms with Gasteiger partial charge in [0.25, 0.3) is 0 Å². The number of piperazine rings is 1. The third-order valence-corrected chi connectivity index (χ3v) is 9.06. The third kappa shape index (κ3) is 4.30. The number of β-lactam (4-membered cyclic amide) rings is 1. The maximum absolute atomic E-state index is 12.9. The maximum Gasteiger partial charge on any atom is 0.315 e. The van der Waals surface area contributed by atoms with Crippen LogP contribution in [0.15, 0.2) is 72.4 Å². The summed E-state index contributed by atoms with van der Waals surface area (Å²) in [6.45, 7) is 1.86. The molecule has 190 valence electrons. The summed E-state index contributed by atoms with van der Waals surface area (Å²) in [5, 5.41) is 26.4. The van der Waals surface area contributed by atoms with Crippen LogP contribution in [0.4, 0.5) is 4.79 Å². The zero-order valence-electron chi connectivity index (χ0n) is 20.3. The lowest BCUT2D eigenvalue weighted by Gasteiger charge is -2.64. The number of quaternary nitrogens is 1. The lowest BCUT2D eigenvalue weighted by molar-refractivity contribution is -0.892. The largest absolute Gasteiger partial charge is 0.631 e. The number of rotatable bonds is 3. The highest BCUT2D eigenvalue weighted by atomic mass is 32.2. The number of benzene rings is 2. The van der Waals surface area contributed by atoms with Crippen LogP contribution in [0, 0.1) is 22.3 Å². The van der Waals surface area contributed by atoms with Gasteiger partial charge in [-0.15, -0.1) is 11.8 Å². The van der Waals surface area contributed by atoms with Crippen LogP contribution in [0.3, 0.4) is 0 Å². The van der Waals surface area contributed by atoms with Crippen LogP contribution in [0.5, 0.6) is 0 Å². The molecule has 3 amide bonds. The van der Waals surface area contributed by atoms with E-state index in [2.05, 4.69) is 6.92 Å². The van der Waals surface area contributed by atoms with Crippen molar-refractivity contribution < 1.29 is 14.4 Å². The lowest BCUT2D eigenvalue weighted by atomic mass is 9.80.